The van der Waals surface area contributed by atoms with Crippen LogP contribution in [0, 0.1) is 0 Å². The number of hydrogen-bond donors (Lipinski definition) is 1. The Kier molecular flexibility index (Phi) is 3.63. The normalized spacial score (nSPS) is 17.8. The SMILES string of the molecule is COc1nc2c(cc1C(=O)Nc1ccc3c(c1)CC(C)O3)CCC2. The molecule has 0 saturated carbocycles. The summed E-state index contributed by atoms with van der Waals surface area (Å²) in [7, 11) is 1.55. The maximum Gasteiger partial charge on any atom is 0.261 e. The lowest BCUT2D eigenvalue weighted by atomic mass is 10.1. The molecule has 1 amide bonds. The maximum absolute atomic E-state index is 12.7. The topological polar surface area (TPSA) is 60.5 Å². The third kappa shape index (κ3) is 2.60. The number of carbonyl (C=O) groups excluding carboxylic acids is 1. The van der Waals surface area contributed by atoms with Crippen LogP contribution >= 0.6 is 0 Å². The lowest BCUT2D eigenvalue weighted by molar-refractivity contribution is 0.102. The van der Waals surface area contributed by atoms with E-state index in [1.807, 2.05) is 31.2 Å². The fourth-order valence-electron chi connectivity index (χ4n) is 3.47. The molecule has 0 fully saturated rings. The van der Waals surface area contributed by atoms with Gasteiger partial charge in [-0.1, -0.05) is 0 Å². The Labute approximate surface area is 141 Å². The minimum Gasteiger partial charge on any atom is -0.490 e. The zero-order valence-corrected chi connectivity index (χ0v) is 13.9. The highest BCUT2D eigenvalue weighted by molar-refractivity contribution is 6.06. The first-order valence-electron chi connectivity index (χ1n) is 8.32. The lowest BCUT2D eigenvalue weighted by Gasteiger charge is -2.11. The minimum atomic E-state index is -0.194. The van der Waals surface area contributed by atoms with Crippen LogP contribution in [0.2, 0.25) is 0 Å². The van der Waals surface area contributed by atoms with E-state index in [9.17, 15) is 4.79 Å². The van der Waals surface area contributed by atoms with Crippen molar-refractivity contribution in [2.24, 2.45) is 0 Å². The second-order valence-corrected chi connectivity index (χ2v) is 6.41. The molecular formula is C19H20N2O3. The Hall–Kier alpha value is -2.56. The van der Waals surface area contributed by atoms with Gasteiger partial charge in [0.15, 0.2) is 0 Å². The van der Waals surface area contributed by atoms with Crippen molar-refractivity contribution in [1.82, 2.24) is 4.98 Å². The van der Waals surface area contributed by atoms with E-state index < -0.39 is 0 Å². The standard InChI is InChI=1S/C19H20N2O3/c1-11-8-13-9-14(6-7-17(13)24-11)20-18(22)15-10-12-4-3-5-16(12)21-19(15)23-2/h6-7,9-11H,3-5,8H2,1-2H3,(H,20,22). The van der Waals surface area contributed by atoms with Crippen LogP contribution in [-0.2, 0) is 19.3 Å². The van der Waals surface area contributed by atoms with Crippen LogP contribution in [0.25, 0.3) is 0 Å². The smallest absolute Gasteiger partial charge is 0.261 e. The third-order valence-electron chi connectivity index (χ3n) is 4.61. The molecule has 5 nitrogen and oxygen atoms in total. The Morgan fingerprint density at radius 2 is 2.17 bits per heavy atom. The van der Waals surface area contributed by atoms with Gasteiger partial charge < -0.3 is 14.8 Å². The average molecular weight is 324 g/mol. The van der Waals surface area contributed by atoms with Gasteiger partial charge in [0, 0.05) is 17.8 Å². The Balaban J connectivity index is 1.60. The fraction of sp³-hybridized carbons (Fsp3) is 0.368. The Morgan fingerprint density at radius 3 is 3.00 bits per heavy atom. The number of aryl methyl sites for hydroxylation is 2. The molecule has 5 heteroatoms. The van der Waals surface area contributed by atoms with E-state index in [0.717, 1.165) is 53.9 Å². The Bertz CT molecular complexity index is 816. The second-order valence-electron chi connectivity index (χ2n) is 6.41. The first kappa shape index (κ1) is 15.0. The molecular weight excluding hydrogens is 304 g/mol. The summed E-state index contributed by atoms with van der Waals surface area (Å²) in [6.45, 7) is 2.04. The van der Waals surface area contributed by atoms with Gasteiger partial charge in [-0.15, -0.1) is 0 Å². The predicted molar refractivity (Wildman–Crippen MR) is 91.0 cm³/mol. The molecule has 124 valence electrons. The molecule has 24 heavy (non-hydrogen) atoms. The van der Waals surface area contributed by atoms with Crippen LogP contribution in [0.15, 0.2) is 24.3 Å². The summed E-state index contributed by atoms with van der Waals surface area (Å²) < 4.78 is 11.0. The van der Waals surface area contributed by atoms with Gasteiger partial charge in [-0.2, -0.15) is 0 Å². The number of nitrogens with one attached hydrogen (secondary N) is 1. The average Bonchev–Trinajstić information content (AvgIpc) is 3.17. The molecule has 4 rings (SSSR count). The summed E-state index contributed by atoms with van der Waals surface area (Å²) >= 11 is 0. The van der Waals surface area contributed by atoms with E-state index in [1.165, 1.54) is 0 Å². The number of methoxy groups -OCH3 is 1. The Morgan fingerprint density at radius 1 is 1.29 bits per heavy atom. The molecule has 2 aromatic rings. The molecule has 1 aliphatic carbocycles. The molecule has 0 radical (unpaired) electrons. The number of benzene rings is 1. The number of hydrogen-bond acceptors (Lipinski definition) is 4. The van der Waals surface area contributed by atoms with Gasteiger partial charge in [0.05, 0.1) is 7.11 Å². The van der Waals surface area contributed by atoms with Crippen molar-refractivity contribution in [3.05, 3.63) is 46.6 Å². The van der Waals surface area contributed by atoms with Crippen molar-refractivity contribution in [2.75, 3.05) is 12.4 Å². The van der Waals surface area contributed by atoms with Crippen molar-refractivity contribution in [1.29, 1.82) is 0 Å². The van der Waals surface area contributed by atoms with E-state index >= 15 is 0 Å². The fourth-order valence-corrected chi connectivity index (χ4v) is 3.47. The quantitative estimate of drug-likeness (QED) is 0.942. The van der Waals surface area contributed by atoms with Gasteiger partial charge in [-0.3, -0.25) is 4.79 Å². The molecule has 1 aromatic heterocycles. The molecule has 0 saturated heterocycles. The van der Waals surface area contributed by atoms with Crippen molar-refractivity contribution in [2.45, 2.75) is 38.7 Å². The summed E-state index contributed by atoms with van der Waals surface area (Å²) in [6.07, 6.45) is 4.06. The molecule has 0 bridgehead atoms. The number of amides is 1. The molecule has 1 aliphatic heterocycles. The van der Waals surface area contributed by atoms with Crippen molar-refractivity contribution < 1.29 is 14.3 Å². The molecule has 0 spiro atoms. The van der Waals surface area contributed by atoms with Crippen LogP contribution in [-0.4, -0.2) is 24.1 Å². The predicted octanol–water partition coefficient (Wildman–Crippen LogP) is 3.15. The number of fused-ring (bicyclic) bond motifs is 2. The highest BCUT2D eigenvalue weighted by Gasteiger charge is 2.22. The van der Waals surface area contributed by atoms with Crippen LogP contribution in [0.3, 0.4) is 0 Å². The molecule has 1 N–H and O–H groups in total. The lowest BCUT2D eigenvalue weighted by Crippen LogP contribution is -2.15. The van der Waals surface area contributed by atoms with Gasteiger partial charge in [-0.05, 0) is 61.6 Å². The van der Waals surface area contributed by atoms with Crippen LogP contribution < -0.4 is 14.8 Å². The van der Waals surface area contributed by atoms with Gasteiger partial charge in [0.2, 0.25) is 5.88 Å². The molecule has 1 aromatic carbocycles. The summed E-state index contributed by atoms with van der Waals surface area (Å²) in [5, 5.41) is 2.95. The maximum atomic E-state index is 12.7. The number of nitrogens with zero attached hydrogens (tertiary/aromatic N) is 1. The monoisotopic (exact) mass is 324 g/mol. The van der Waals surface area contributed by atoms with Gasteiger partial charge in [0.25, 0.3) is 5.91 Å². The van der Waals surface area contributed by atoms with Crippen LogP contribution in [0.1, 0.15) is 40.5 Å². The van der Waals surface area contributed by atoms with E-state index in [0.29, 0.717) is 11.4 Å². The van der Waals surface area contributed by atoms with Gasteiger partial charge in [0.1, 0.15) is 17.4 Å². The summed E-state index contributed by atoms with van der Waals surface area (Å²) in [4.78, 5) is 17.2. The summed E-state index contributed by atoms with van der Waals surface area (Å²) in [5.74, 6) is 1.10. The molecule has 2 heterocycles. The second kappa shape index (κ2) is 5.82. The number of rotatable bonds is 3. The van der Waals surface area contributed by atoms with E-state index in [2.05, 4.69) is 10.3 Å². The number of ether oxygens (including phenoxy) is 2. The van der Waals surface area contributed by atoms with Crippen LogP contribution in [0.4, 0.5) is 5.69 Å². The highest BCUT2D eigenvalue weighted by Crippen LogP contribution is 2.32. The number of aromatic nitrogens is 1. The van der Waals surface area contributed by atoms with E-state index in [-0.39, 0.29) is 12.0 Å². The third-order valence-corrected chi connectivity index (χ3v) is 4.61. The van der Waals surface area contributed by atoms with E-state index in [4.69, 9.17) is 9.47 Å². The van der Waals surface area contributed by atoms with Crippen molar-refractivity contribution in [3.8, 4) is 11.6 Å². The van der Waals surface area contributed by atoms with Crippen molar-refractivity contribution in [3.63, 3.8) is 0 Å². The molecule has 2 aliphatic rings. The minimum absolute atomic E-state index is 0.187. The first-order valence-corrected chi connectivity index (χ1v) is 8.32. The zero-order valence-electron chi connectivity index (χ0n) is 13.9. The number of pyridine rings is 1. The first-order chi connectivity index (χ1) is 11.6. The highest BCUT2D eigenvalue weighted by atomic mass is 16.5. The zero-order chi connectivity index (χ0) is 16.7. The van der Waals surface area contributed by atoms with Crippen molar-refractivity contribution >= 4 is 11.6 Å². The number of carbonyl (C=O) groups is 1. The largest absolute Gasteiger partial charge is 0.490 e. The van der Waals surface area contributed by atoms with E-state index in [1.54, 1.807) is 7.11 Å². The van der Waals surface area contributed by atoms with Crippen LogP contribution in [0.5, 0.6) is 11.6 Å². The summed E-state index contributed by atoms with van der Waals surface area (Å²) in [5.41, 5.74) is 4.57. The molecule has 1 unspecified atom stereocenters. The summed E-state index contributed by atoms with van der Waals surface area (Å²) in [6, 6.07) is 7.67. The number of anilines is 1. The molecule has 1 atom stereocenters. The van der Waals surface area contributed by atoms with Gasteiger partial charge in [-0.25, -0.2) is 4.98 Å². The van der Waals surface area contributed by atoms with Gasteiger partial charge >= 0.3 is 0 Å².